The fraction of sp³-hybridized carbons (Fsp3) is 0.500. The van der Waals surface area contributed by atoms with Crippen LogP contribution >= 0.6 is 0 Å². The first-order chi connectivity index (χ1) is 10.1. The van der Waals surface area contributed by atoms with Crippen LogP contribution in [0.15, 0.2) is 23.6 Å². The molecule has 0 fully saturated rings. The van der Waals surface area contributed by atoms with Gasteiger partial charge in [0.25, 0.3) is 10.0 Å². The van der Waals surface area contributed by atoms with Gasteiger partial charge in [0.05, 0.1) is 12.7 Å². The highest BCUT2D eigenvalue weighted by atomic mass is 32.2. The molecular weight excluding hydrogens is 292 g/mol. The number of hydrogen-bond acceptors (Lipinski definition) is 5. The van der Waals surface area contributed by atoms with E-state index in [0.29, 0.717) is 25.2 Å². The highest BCUT2D eigenvalue weighted by molar-refractivity contribution is 7.89. The number of aromatic amines is 1. The van der Waals surface area contributed by atoms with Gasteiger partial charge in [-0.15, -0.1) is 0 Å². The molecule has 2 N–H and O–H groups in total. The average Bonchev–Trinajstić information content (AvgIpc) is 3.13. The second kappa shape index (κ2) is 5.58. The van der Waals surface area contributed by atoms with Crippen LogP contribution in [0, 0.1) is 0 Å². The van der Waals surface area contributed by atoms with E-state index in [9.17, 15) is 8.42 Å². The van der Waals surface area contributed by atoms with Gasteiger partial charge in [-0.05, 0) is 6.54 Å². The molecule has 0 aromatic carbocycles. The third kappa shape index (κ3) is 2.59. The number of imidazole rings is 1. The Morgan fingerprint density at radius 3 is 3.10 bits per heavy atom. The average molecular weight is 310 g/mol. The van der Waals surface area contributed by atoms with E-state index in [2.05, 4.69) is 20.5 Å². The molecule has 3 rings (SSSR count). The topological polar surface area (TPSA) is 95.9 Å². The number of H-pyrrole nitrogens is 1. The summed E-state index contributed by atoms with van der Waals surface area (Å²) in [7, 11) is -3.58. The monoisotopic (exact) mass is 310 g/mol. The third-order valence-electron chi connectivity index (χ3n) is 3.55. The van der Waals surface area contributed by atoms with Crippen molar-refractivity contribution >= 4 is 10.0 Å². The number of rotatable bonds is 5. The normalized spacial score (nSPS) is 16.0. The van der Waals surface area contributed by atoms with E-state index in [1.54, 1.807) is 12.4 Å². The molecule has 8 nitrogen and oxygen atoms in total. The van der Waals surface area contributed by atoms with Crippen molar-refractivity contribution in [2.45, 2.75) is 31.6 Å². The molecule has 2 aromatic heterocycles. The van der Waals surface area contributed by atoms with Gasteiger partial charge in [-0.2, -0.15) is 9.40 Å². The maximum Gasteiger partial charge on any atom is 0.260 e. The summed E-state index contributed by atoms with van der Waals surface area (Å²) in [5.41, 5.74) is 0.658. The number of aromatic nitrogens is 4. The van der Waals surface area contributed by atoms with E-state index in [4.69, 9.17) is 0 Å². The van der Waals surface area contributed by atoms with Crippen molar-refractivity contribution in [3.05, 3.63) is 30.0 Å². The first-order valence-corrected chi connectivity index (χ1v) is 8.30. The standard InChI is InChI=1S/C12H18N6O2S/c1-2-13-7-10-8-15-16-12(10)21(19,20)18-6-5-17-4-3-14-11(17)9-18/h3-4,8,13H,2,5-7,9H2,1H3,(H,15,16). The highest BCUT2D eigenvalue weighted by Gasteiger charge is 2.31. The number of hydrogen-bond donors (Lipinski definition) is 2. The molecule has 0 saturated heterocycles. The van der Waals surface area contributed by atoms with Crippen LogP contribution in [-0.4, -0.2) is 45.6 Å². The van der Waals surface area contributed by atoms with E-state index in [1.165, 1.54) is 4.31 Å². The summed E-state index contributed by atoms with van der Waals surface area (Å²) in [5.74, 6) is 0.762. The predicted molar refractivity (Wildman–Crippen MR) is 75.8 cm³/mol. The van der Waals surface area contributed by atoms with E-state index in [1.807, 2.05) is 17.7 Å². The van der Waals surface area contributed by atoms with Crippen LogP contribution in [0.25, 0.3) is 0 Å². The Kier molecular flexibility index (Phi) is 3.79. The first-order valence-electron chi connectivity index (χ1n) is 6.86. The molecule has 0 amide bonds. The Bertz CT molecular complexity index is 720. The zero-order valence-corrected chi connectivity index (χ0v) is 12.6. The van der Waals surface area contributed by atoms with Crippen molar-refractivity contribution in [2.24, 2.45) is 0 Å². The highest BCUT2D eigenvalue weighted by Crippen LogP contribution is 2.22. The Morgan fingerprint density at radius 2 is 2.29 bits per heavy atom. The molecule has 0 spiro atoms. The van der Waals surface area contributed by atoms with E-state index in [-0.39, 0.29) is 11.6 Å². The molecule has 114 valence electrons. The van der Waals surface area contributed by atoms with Gasteiger partial charge in [0.1, 0.15) is 5.82 Å². The lowest BCUT2D eigenvalue weighted by Crippen LogP contribution is -2.38. The Labute approximate surface area is 123 Å². The van der Waals surface area contributed by atoms with Gasteiger partial charge in [-0.1, -0.05) is 6.92 Å². The molecule has 9 heteroatoms. The van der Waals surface area contributed by atoms with Gasteiger partial charge in [-0.25, -0.2) is 13.4 Å². The van der Waals surface area contributed by atoms with Crippen molar-refractivity contribution in [2.75, 3.05) is 13.1 Å². The summed E-state index contributed by atoms with van der Waals surface area (Å²) < 4.78 is 28.9. The second-order valence-corrected chi connectivity index (χ2v) is 6.75. The van der Waals surface area contributed by atoms with Crippen molar-refractivity contribution in [1.82, 2.24) is 29.4 Å². The third-order valence-corrected chi connectivity index (χ3v) is 5.41. The Morgan fingerprint density at radius 1 is 1.43 bits per heavy atom. The quantitative estimate of drug-likeness (QED) is 0.805. The molecule has 0 atom stereocenters. The zero-order valence-electron chi connectivity index (χ0n) is 11.8. The van der Waals surface area contributed by atoms with Crippen molar-refractivity contribution in [3.8, 4) is 0 Å². The van der Waals surface area contributed by atoms with Crippen LogP contribution in [0.1, 0.15) is 18.3 Å². The smallest absolute Gasteiger partial charge is 0.260 e. The molecule has 3 heterocycles. The fourth-order valence-corrected chi connectivity index (χ4v) is 3.88. The Balaban J connectivity index is 1.86. The van der Waals surface area contributed by atoms with Crippen LogP contribution in [0.5, 0.6) is 0 Å². The van der Waals surface area contributed by atoms with Crippen molar-refractivity contribution in [1.29, 1.82) is 0 Å². The van der Waals surface area contributed by atoms with Gasteiger partial charge >= 0.3 is 0 Å². The summed E-state index contributed by atoms with van der Waals surface area (Å²) in [5, 5.41) is 9.79. The summed E-state index contributed by atoms with van der Waals surface area (Å²) in [4.78, 5) is 4.19. The number of sulfonamides is 1. The van der Waals surface area contributed by atoms with Crippen LogP contribution in [0.3, 0.4) is 0 Å². The summed E-state index contributed by atoms with van der Waals surface area (Å²) >= 11 is 0. The summed E-state index contributed by atoms with van der Waals surface area (Å²) in [6.45, 7) is 4.56. The molecule has 0 unspecified atom stereocenters. The van der Waals surface area contributed by atoms with Gasteiger partial charge < -0.3 is 9.88 Å². The second-order valence-electron chi connectivity index (χ2n) is 4.88. The van der Waals surface area contributed by atoms with E-state index < -0.39 is 10.0 Å². The van der Waals surface area contributed by atoms with Crippen LogP contribution in [0.2, 0.25) is 0 Å². The zero-order chi connectivity index (χ0) is 14.9. The SMILES string of the molecule is CCNCc1cn[nH]c1S(=O)(=O)N1CCn2ccnc2C1. The predicted octanol–water partition coefficient (Wildman–Crippen LogP) is -0.0798. The van der Waals surface area contributed by atoms with Gasteiger partial charge in [0.15, 0.2) is 5.03 Å². The molecule has 2 aromatic rings. The molecule has 21 heavy (non-hydrogen) atoms. The molecule has 0 aliphatic carbocycles. The first kappa shape index (κ1) is 14.2. The minimum Gasteiger partial charge on any atom is -0.333 e. The molecule has 1 aliphatic heterocycles. The molecule has 0 saturated carbocycles. The lowest BCUT2D eigenvalue weighted by Gasteiger charge is -2.26. The lowest BCUT2D eigenvalue weighted by atomic mass is 10.3. The largest absolute Gasteiger partial charge is 0.333 e. The van der Waals surface area contributed by atoms with Gasteiger partial charge in [0, 0.05) is 37.6 Å². The van der Waals surface area contributed by atoms with Crippen molar-refractivity contribution in [3.63, 3.8) is 0 Å². The molecular formula is C12H18N6O2S. The number of fused-ring (bicyclic) bond motifs is 1. The molecule has 0 radical (unpaired) electrons. The van der Waals surface area contributed by atoms with Gasteiger partial charge in [0.2, 0.25) is 0 Å². The summed E-state index contributed by atoms with van der Waals surface area (Å²) in [6, 6.07) is 0. The summed E-state index contributed by atoms with van der Waals surface area (Å²) in [6.07, 6.45) is 5.12. The number of nitrogens with zero attached hydrogens (tertiary/aromatic N) is 4. The van der Waals surface area contributed by atoms with Crippen LogP contribution < -0.4 is 5.32 Å². The fourth-order valence-electron chi connectivity index (χ4n) is 2.39. The van der Waals surface area contributed by atoms with Crippen LogP contribution in [0.4, 0.5) is 0 Å². The molecule has 1 aliphatic rings. The Hall–Kier alpha value is -1.71. The van der Waals surface area contributed by atoms with Crippen LogP contribution in [-0.2, 0) is 29.7 Å². The maximum atomic E-state index is 12.8. The number of nitrogens with one attached hydrogen (secondary N) is 2. The van der Waals surface area contributed by atoms with Gasteiger partial charge in [-0.3, -0.25) is 5.10 Å². The minimum atomic E-state index is -3.58. The lowest BCUT2D eigenvalue weighted by molar-refractivity contribution is 0.334. The minimum absolute atomic E-state index is 0.170. The molecule has 0 bridgehead atoms. The van der Waals surface area contributed by atoms with E-state index in [0.717, 1.165) is 12.4 Å². The van der Waals surface area contributed by atoms with E-state index >= 15 is 0 Å². The maximum absolute atomic E-state index is 12.8. The van der Waals surface area contributed by atoms with Crippen molar-refractivity contribution < 1.29 is 8.42 Å².